The number of halogens is 1. The first kappa shape index (κ1) is 14.4. The minimum absolute atomic E-state index is 0.149. The van der Waals surface area contributed by atoms with Gasteiger partial charge in [-0.25, -0.2) is 4.39 Å². The van der Waals surface area contributed by atoms with Gasteiger partial charge in [0.05, 0.1) is 5.56 Å². The number of aryl methyl sites for hydroxylation is 1. The maximum absolute atomic E-state index is 13.8. The number of amides is 1. The van der Waals surface area contributed by atoms with E-state index in [-0.39, 0.29) is 17.5 Å². The lowest BCUT2D eigenvalue weighted by atomic mass is 9.94. The van der Waals surface area contributed by atoms with Gasteiger partial charge in [0, 0.05) is 11.3 Å². The highest BCUT2D eigenvalue weighted by Crippen LogP contribution is 2.27. The van der Waals surface area contributed by atoms with Crippen molar-refractivity contribution in [3.8, 4) is 0 Å². The minimum atomic E-state index is -0.436. The number of carbonyl (C=O) groups is 1. The van der Waals surface area contributed by atoms with Gasteiger partial charge in [0.15, 0.2) is 0 Å². The van der Waals surface area contributed by atoms with E-state index in [1.165, 1.54) is 12.5 Å². The van der Waals surface area contributed by atoms with E-state index in [2.05, 4.69) is 11.6 Å². The Morgan fingerprint density at radius 3 is 2.79 bits per heavy atom. The van der Waals surface area contributed by atoms with Gasteiger partial charge in [-0.1, -0.05) is 18.9 Å². The molecule has 0 heterocycles. The summed E-state index contributed by atoms with van der Waals surface area (Å²) in [6.45, 7) is 1.82. The van der Waals surface area contributed by atoms with Crippen molar-refractivity contribution in [1.82, 2.24) is 5.32 Å². The lowest BCUT2D eigenvalue weighted by Gasteiger charge is -2.31. The Morgan fingerprint density at radius 1 is 1.37 bits per heavy atom. The molecule has 0 aliphatic heterocycles. The van der Waals surface area contributed by atoms with Crippen LogP contribution in [0.25, 0.3) is 0 Å². The molecular formula is C15H20FNOS. The van der Waals surface area contributed by atoms with E-state index < -0.39 is 5.82 Å². The van der Waals surface area contributed by atoms with Gasteiger partial charge in [-0.2, -0.15) is 11.8 Å². The van der Waals surface area contributed by atoms with E-state index in [1.54, 1.807) is 23.9 Å². The topological polar surface area (TPSA) is 29.1 Å². The first-order chi connectivity index (χ1) is 9.11. The highest BCUT2D eigenvalue weighted by Gasteiger charge is 2.26. The minimum Gasteiger partial charge on any atom is -0.348 e. The zero-order chi connectivity index (χ0) is 13.8. The van der Waals surface area contributed by atoms with Crippen LogP contribution in [0.1, 0.15) is 41.6 Å². The van der Waals surface area contributed by atoms with Crippen LogP contribution < -0.4 is 5.32 Å². The molecule has 104 valence electrons. The lowest BCUT2D eigenvalue weighted by Crippen LogP contribution is -2.43. The second-order valence-electron chi connectivity index (χ2n) is 5.12. The van der Waals surface area contributed by atoms with E-state index in [4.69, 9.17) is 0 Å². The zero-order valence-corrected chi connectivity index (χ0v) is 12.2. The van der Waals surface area contributed by atoms with E-state index in [0.29, 0.717) is 5.25 Å². The third-order valence-electron chi connectivity index (χ3n) is 3.69. The van der Waals surface area contributed by atoms with E-state index in [0.717, 1.165) is 24.8 Å². The number of hydrogen-bond acceptors (Lipinski definition) is 2. The largest absolute Gasteiger partial charge is 0.348 e. The maximum Gasteiger partial charge on any atom is 0.254 e. The predicted octanol–water partition coefficient (Wildman–Crippen LogP) is 3.54. The zero-order valence-electron chi connectivity index (χ0n) is 11.4. The van der Waals surface area contributed by atoms with Crippen LogP contribution in [-0.2, 0) is 0 Å². The number of benzene rings is 1. The normalized spacial score (nSPS) is 23.1. The van der Waals surface area contributed by atoms with Gasteiger partial charge in [0.2, 0.25) is 0 Å². The summed E-state index contributed by atoms with van der Waals surface area (Å²) < 4.78 is 13.8. The monoisotopic (exact) mass is 281 g/mol. The van der Waals surface area contributed by atoms with Gasteiger partial charge >= 0.3 is 0 Å². The molecule has 2 atom stereocenters. The van der Waals surface area contributed by atoms with Gasteiger partial charge in [0.1, 0.15) is 5.82 Å². The molecule has 0 bridgehead atoms. The van der Waals surface area contributed by atoms with Crippen molar-refractivity contribution in [2.75, 3.05) is 6.26 Å². The first-order valence-electron chi connectivity index (χ1n) is 6.71. The van der Waals surface area contributed by atoms with Gasteiger partial charge in [-0.3, -0.25) is 4.79 Å². The van der Waals surface area contributed by atoms with Gasteiger partial charge in [-0.05, 0) is 43.7 Å². The molecule has 0 spiro atoms. The summed E-state index contributed by atoms with van der Waals surface area (Å²) in [7, 11) is 0. The van der Waals surface area contributed by atoms with Gasteiger partial charge in [-0.15, -0.1) is 0 Å². The average Bonchev–Trinajstić information content (AvgIpc) is 2.39. The molecule has 0 aromatic heterocycles. The van der Waals surface area contributed by atoms with Crippen LogP contribution >= 0.6 is 11.8 Å². The summed E-state index contributed by atoms with van der Waals surface area (Å²) in [6.07, 6.45) is 6.55. The molecule has 2 rings (SSSR count). The quantitative estimate of drug-likeness (QED) is 0.918. The SMILES string of the molecule is CSC1CCCCC1NC(=O)c1ccc(C)cc1F. The van der Waals surface area contributed by atoms with Gasteiger partial charge in [0.25, 0.3) is 5.91 Å². The summed E-state index contributed by atoms with van der Waals surface area (Å²) in [4.78, 5) is 12.1. The number of hydrogen-bond donors (Lipinski definition) is 1. The molecule has 2 nitrogen and oxygen atoms in total. The Balaban J connectivity index is 2.07. The molecule has 1 amide bonds. The van der Waals surface area contributed by atoms with Crippen LogP contribution in [0.4, 0.5) is 4.39 Å². The first-order valence-corrected chi connectivity index (χ1v) is 8.00. The second kappa shape index (κ2) is 6.42. The summed E-state index contributed by atoms with van der Waals surface area (Å²) in [5.74, 6) is -0.725. The number of rotatable bonds is 3. The molecule has 4 heteroatoms. The summed E-state index contributed by atoms with van der Waals surface area (Å²) in [6, 6.07) is 4.90. The van der Waals surface area contributed by atoms with Crippen molar-refractivity contribution in [3.05, 3.63) is 35.1 Å². The average molecular weight is 281 g/mol. The van der Waals surface area contributed by atoms with Crippen molar-refractivity contribution in [2.45, 2.75) is 43.9 Å². The highest BCUT2D eigenvalue weighted by molar-refractivity contribution is 7.99. The van der Waals surface area contributed by atoms with Gasteiger partial charge < -0.3 is 5.32 Å². The fourth-order valence-corrected chi connectivity index (χ4v) is 3.53. The standard InChI is InChI=1S/C15H20FNOS/c1-10-7-8-11(12(16)9-10)15(18)17-13-5-3-4-6-14(13)19-2/h7-9,13-14H,3-6H2,1-2H3,(H,17,18). The molecule has 0 saturated heterocycles. The second-order valence-corrected chi connectivity index (χ2v) is 6.20. The van der Waals surface area contributed by atoms with E-state index in [9.17, 15) is 9.18 Å². The van der Waals surface area contributed by atoms with Crippen LogP contribution in [-0.4, -0.2) is 23.5 Å². The molecule has 1 aromatic carbocycles. The molecule has 1 fully saturated rings. The van der Waals surface area contributed by atoms with Crippen LogP contribution in [0.15, 0.2) is 18.2 Å². The fraction of sp³-hybridized carbons (Fsp3) is 0.533. The Morgan fingerprint density at radius 2 is 2.11 bits per heavy atom. The van der Waals surface area contributed by atoms with Crippen molar-refractivity contribution in [3.63, 3.8) is 0 Å². The third kappa shape index (κ3) is 3.50. The summed E-state index contributed by atoms with van der Waals surface area (Å²) in [5, 5.41) is 3.45. The van der Waals surface area contributed by atoms with Crippen LogP contribution in [0.2, 0.25) is 0 Å². The predicted molar refractivity (Wildman–Crippen MR) is 78.2 cm³/mol. The lowest BCUT2D eigenvalue weighted by molar-refractivity contribution is 0.0925. The number of nitrogens with one attached hydrogen (secondary N) is 1. The molecule has 1 N–H and O–H groups in total. The molecule has 1 aliphatic rings. The molecule has 1 saturated carbocycles. The van der Waals surface area contributed by atoms with Crippen molar-refractivity contribution >= 4 is 17.7 Å². The molecule has 1 aliphatic carbocycles. The third-order valence-corrected chi connectivity index (χ3v) is 4.86. The molecular weight excluding hydrogens is 261 g/mol. The Kier molecular flexibility index (Phi) is 4.86. The Bertz CT molecular complexity index is 463. The smallest absolute Gasteiger partial charge is 0.254 e. The molecule has 2 unspecified atom stereocenters. The number of thioether (sulfide) groups is 1. The van der Waals surface area contributed by atoms with E-state index >= 15 is 0 Å². The summed E-state index contributed by atoms with van der Waals surface area (Å²) in [5.41, 5.74) is 0.977. The van der Waals surface area contributed by atoms with Crippen LogP contribution in [0, 0.1) is 12.7 Å². The van der Waals surface area contributed by atoms with Crippen molar-refractivity contribution in [1.29, 1.82) is 0 Å². The maximum atomic E-state index is 13.8. The van der Waals surface area contributed by atoms with Crippen LogP contribution in [0.5, 0.6) is 0 Å². The Labute approximate surface area is 118 Å². The molecule has 1 aromatic rings. The van der Waals surface area contributed by atoms with E-state index in [1.807, 2.05) is 6.92 Å². The van der Waals surface area contributed by atoms with Crippen molar-refractivity contribution < 1.29 is 9.18 Å². The fourth-order valence-electron chi connectivity index (χ4n) is 2.59. The van der Waals surface area contributed by atoms with Crippen molar-refractivity contribution in [2.24, 2.45) is 0 Å². The Hall–Kier alpha value is -1.03. The van der Waals surface area contributed by atoms with Crippen LogP contribution in [0.3, 0.4) is 0 Å². The molecule has 19 heavy (non-hydrogen) atoms. The number of carbonyl (C=O) groups excluding carboxylic acids is 1. The summed E-state index contributed by atoms with van der Waals surface area (Å²) >= 11 is 1.79. The molecule has 0 radical (unpaired) electrons. The highest BCUT2D eigenvalue weighted by atomic mass is 32.2.